The highest BCUT2D eigenvalue weighted by atomic mass is 35.5. The number of benzene rings is 3. The normalized spacial score (nSPS) is 21.1. The fourth-order valence-electron chi connectivity index (χ4n) is 5.81. The Kier molecular flexibility index (Phi) is 8.57. The van der Waals surface area contributed by atoms with Gasteiger partial charge in [0.05, 0.1) is 12.0 Å². The van der Waals surface area contributed by atoms with Crippen molar-refractivity contribution in [1.82, 2.24) is 4.90 Å². The molecule has 1 fully saturated rings. The second-order valence-electron chi connectivity index (χ2n) is 10.2. The summed E-state index contributed by atoms with van der Waals surface area (Å²) in [5.41, 5.74) is 2.00. The number of likely N-dealkylation sites (tertiary alicyclic amines) is 1. The minimum absolute atomic E-state index is 0.241. The SMILES string of the molecule is CCCCC(C(=O)Nc1cccc(Cl)c1)N1CC(c2ccc3c(c2)OCCO3)C(C(=O)O)C1c1ccc(F)cc1. The molecular weight excluding hydrogens is 535 g/mol. The summed E-state index contributed by atoms with van der Waals surface area (Å²) in [6.45, 7) is 3.23. The number of carboxylic acid groups (broad SMARTS) is 1. The van der Waals surface area contributed by atoms with Crippen LogP contribution in [0.4, 0.5) is 10.1 Å². The number of ether oxygens (including phenoxy) is 2. The Morgan fingerprint density at radius 3 is 2.48 bits per heavy atom. The average Bonchev–Trinajstić information content (AvgIpc) is 3.34. The number of halogens is 2. The third-order valence-corrected chi connectivity index (χ3v) is 7.89. The average molecular weight is 567 g/mol. The first-order valence-corrected chi connectivity index (χ1v) is 13.9. The van der Waals surface area contributed by atoms with E-state index in [-0.39, 0.29) is 5.91 Å². The number of unbranched alkanes of at least 4 members (excludes halogenated alkanes) is 1. The molecule has 7 nitrogen and oxygen atoms in total. The molecule has 40 heavy (non-hydrogen) atoms. The van der Waals surface area contributed by atoms with E-state index in [0.717, 1.165) is 18.4 Å². The zero-order chi connectivity index (χ0) is 28.2. The van der Waals surface area contributed by atoms with Crippen LogP contribution >= 0.6 is 11.6 Å². The molecule has 0 spiro atoms. The highest BCUT2D eigenvalue weighted by molar-refractivity contribution is 6.30. The summed E-state index contributed by atoms with van der Waals surface area (Å²) in [5, 5.41) is 14.1. The van der Waals surface area contributed by atoms with Gasteiger partial charge in [-0.3, -0.25) is 14.5 Å². The van der Waals surface area contributed by atoms with Gasteiger partial charge in [0.2, 0.25) is 5.91 Å². The molecule has 2 aliphatic rings. The van der Waals surface area contributed by atoms with Gasteiger partial charge in [-0.15, -0.1) is 0 Å². The van der Waals surface area contributed by atoms with E-state index in [1.165, 1.54) is 12.1 Å². The Balaban J connectivity index is 1.56. The third kappa shape index (κ3) is 5.93. The van der Waals surface area contributed by atoms with Crippen LogP contribution in [-0.2, 0) is 9.59 Å². The number of carbonyl (C=O) groups excluding carboxylic acids is 1. The van der Waals surface area contributed by atoms with Gasteiger partial charge in [-0.05, 0) is 60.0 Å². The fraction of sp³-hybridized carbons (Fsp3) is 0.355. The van der Waals surface area contributed by atoms with Gasteiger partial charge in [0, 0.05) is 29.2 Å². The van der Waals surface area contributed by atoms with Crippen LogP contribution in [0.1, 0.15) is 49.3 Å². The van der Waals surface area contributed by atoms with Crippen molar-refractivity contribution >= 4 is 29.2 Å². The number of rotatable bonds is 9. The molecule has 3 aromatic carbocycles. The smallest absolute Gasteiger partial charge is 0.309 e. The minimum atomic E-state index is -0.985. The molecule has 4 unspecified atom stereocenters. The maximum Gasteiger partial charge on any atom is 0.309 e. The maximum atomic E-state index is 13.9. The summed E-state index contributed by atoms with van der Waals surface area (Å²) in [6, 6.07) is 17.0. The second-order valence-corrected chi connectivity index (χ2v) is 10.7. The van der Waals surface area contributed by atoms with Gasteiger partial charge in [0.25, 0.3) is 0 Å². The lowest BCUT2D eigenvalue weighted by Gasteiger charge is -2.33. The molecule has 0 radical (unpaired) electrons. The van der Waals surface area contributed by atoms with E-state index in [9.17, 15) is 19.1 Å². The molecule has 0 saturated carbocycles. The van der Waals surface area contributed by atoms with Crippen LogP contribution in [-0.4, -0.2) is 47.7 Å². The predicted molar refractivity (Wildman–Crippen MR) is 151 cm³/mol. The lowest BCUT2D eigenvalue weighted by Crippen LogP contribution is -2.45. The van der Waals surface area contributed by atoms with Crippen LogP contribution < -0.4 is 14.8 Å². The molecule has 0 bridgehead atoms. The van der Waals surface area contributed by atoms with Crippen molar-refractivity contribution in [2.24, 2.45) is 5.92 Å². The van der Waals surface area contributed by atoms with Gasteiger partial charge in [-0.1, -0.05) is 55.6 Å². The molecule has 1 saturated heterocycles. The molecule has 1 amide bonds. The van der Waals surface area contributed by atoms with Gasteiger partial charge in [0.15, 0.2) is 11.5 Å². The highest BCUT2D eigenvalue weighted by Crippen LogP contribution is 2.49. The summed E-state index contributed by atoms with van der Waals surface area (Å²) >= 11 is 6.15. The first-order chi connectivity index (χ1) is 19.4. The molecule has 4 atom stereocenters. The number of nitrogens with zero attached hydrogens (tertiary/aromatic N) is 1. The summed E-state index contributed by atoms with van der Waals surface area (Å²) in [4.78, 5) is 28.7. The van der Waals surface area contributed by atoms with Crippen LogP contribution in [0, 0.1) is 11.7 Å². The molecule has 210 valence electrons. The highest BCUT2D eigenvalue weighted by Gasteiger charge is 2.50. The fourth-order valence-corrected chi connectivity index (χ4v) is 6.00. The molecular formula is C31H32ClFN2O5. The number of carbonyl (C=O) groups is 2. The minimum Gasteiger partial charge on any atom is -0.486 e. The molecule has 2 aliphatic heterocycles. The maximum absolute atomic E-state index is 13.9. The number of aliphatic carboxylic acids is 1. The number of anilines is 1. The quantitative estimate of drug-likeness (QED) is 0.316. The molecule has 3 aromatic rings. The van der Waals surface area contributed by atoms with Crippen molar-refractivity contribution in [3.8, 4) is 11.5 Å². The molecule has 5 rings (SSSR count). The van der Waals surface area contributed by atoms with Gasteiger partial charge in [-0.2, -0.15) is 0 Å². The van der Waals surface area contributed by atoms with Crippen LogP contribution in [0.3, 0.4) is 0 Å². The van der Waals surface area contributed by atoms with Crippen LogP contribution in [0.15, 0.2) is 66.7 Å². The van der Waals surface area contributed by atoms with Crippen molar-refractivity contribution in [2.75, 3.05) is 25.1 Å². The topological polar surface area (TPSA) is 88.1 Å². The van der Waals surface area contributed by atoms with Gasteiger partial charge >= 0.3 is 5.97 Å². The summed E-state index contributed by atoms with van der Waals surface area (Å²) in [7, 11) is 0. The summed E-state index contributed by atoms with van der Waals surface area (Å²) in [6.07, 6.45) is 2.16. The van der Waals surface area contributed by atoms with Crippen molar-refractivity contribution in [3.05, 3.63) is 88.7 Å². The lowest BCUT2D eigenvalue weighted by molar-refractivity contribution is -0.143. The molecule has 2 heterocycles. The van der Waals surface area contributed by atoms with Gasteiger partial charge in [-0.25, -0.2) is 4.39 Å². The first kappa shape index (κ1) is 27.9. The summed E-state index contributed by atoms with van der Waals surface area (Å²) < 4.78 is 25.4. The van der Waals surface area contributed by atoms with E-state index in [1.54, 1.807) is 42.5 Å². The lowest BCUT2D eigenvalue weighted by atomic mass is 9.82. The molecule has 9 heteroatoms. The van der Waals surface area contributed by atoms with Crippen molar-refractivity contribution in [1.29, 1.82) is 0 Å². The Morgan fingerprint density at radius 2 is 1.77 bits per heavy atom. The number of hydrogen-bond donors (Lipinski definition) is 2. The third-order valence-electron chi connectivity index (χ3n) is 7.66. The first-order valence-electron chi connectivity index (χ1n) is 13.6. The van der Waals surface area contributed by atoms with Crippen molar-refractivity contribution in [2.45, 2.75) is 44.2 Å². The molecule has 0 aliphatic carbocycles. The Hall–Kier alpha value is -3.62. The zero-order valence-electron chi connectivity index (χ0n) is 22.2. The van der Waals surface area contributed by atoms with Crippen LogP contribution in [0.2, 0.25) is 5.02 Å². The predicted octanol–water partition coefficient (Wildman–Crippen LogP) is 6.29. The van der Waals surface area contributed by atoms with Crippen LogP contribution in [0.5, 0.6) is 11.5 Å². The Morgan fingerprint density at radius 1 is 1.05 bits per heavy atom. The number of hydrogen-bond acceptors (Lipinski definition) is 5. The Bertz CT molecular complexity index is 1370. The Labute approximate surface area is 237 Å². The standard InChI is InChI=1S/C31H32ClFN2O5/c1-2-3-7-25(30(36)34-23-6-4-5-21(32)17-23)35-18-24(20-10-13-26-27(16-20)40-15-14-39-26)28(31(37)38)29(35)19-8-11-22(33)12-9-19/h4-6,8-13,16-17,24-25,28-29H,2-3,7,14-15,18H2,1H3,(H,34,36)(H,37,38). The zero-order valence-corrected chi connectivity index (χ0v) is 22.9. The van der Waals surface area contributed by atoms with Crippen molar-refractivity contribution < 1.29 is 28.6 Å². The van der Waals surface area contributed by atoms with E-state index in [2.05, 4.69) is 5.32 Å². The largest absolute Gasteiger partial charge is 0.486 e. The number of fused-ring (bicyclic) bond motifs is 1. The summed E-state index contributed by atoms with van der Waals surface area (Å²) in [5.74, 6) is -1.79. The van der Waals surface area contributed by atoms with E-state index in [1.807, 2.05) is 24.0 Å². The van der Waals surface area contributed by atoms with Gasteiger partial charge < -0.3 is 19.9 Å². The number of carboxylic acids is 1. The number of nitrogens with one attached hydrogen (secondary N) is 1. The molecule has 0 aromatic heterocycles. The number of amides is 1. The van der Waals surface area contributed by atoms with E-state index < -0.39 is 35.7 Å². The van der Waals surface area contributed by atoms with Crippen LogP contribution in [0.25, 0.3) is 0 Å². The van der Waals surface area contributed by atoms with E-state index in [0.29, 0.717) is 54.0 Å². The van der Waals surface area contributed by atoms with Gasteiger partial charge in [0.1, 0.15) is 19.0 Å². The van der Waals surface area contributed by atoms with Crippen molar-refractivity contribution in [3.63, 3.8) is 0 Å². The van der Waals surface area contributed by atoms with E-state index >= 15 is 0 Å². The molecule has 2 N–H and O–H groups in total. The second kappa shape index (κ2) is 12.3. The monoisotopic (exact) mass is 566 g/mol. The van der Waals surface area contributed by atoms with E-state index in [4.69, 9.17) is 21.1 Å².